The Morgan fingerprint density at radius 2 is 2.00 bits per heavy atom. The lowest BCUT2D eigenvalue weighted by Crippen LogP contribution is -2.34. The zero-order valence-corrected chi connectivity index (χ0v) is 24.6. The minimum Gasteiger partial charge on any atom is -0.494 e. The van der Waals surface area contributed by atoms with Gasteiger partial charge in [0.25, 0.3) is 5.91 Å². The zero-order chi connectivity index (χ0) is 27.5. The second-order valence-electron chi connectivity index (χ2n) is 12.1. The van der Waals surface area contributed by atoms with Crippen LogP contribution in [0, 0.1) is 11.8 Å². The molecule has 0 spiro atoms. The number of likely N-dealkylation sites (tertiary alicyclic amines) is 1. The monoisotopic (exact) mass is 558 g/mol. The summed E-state index contributed by atoms with van der Waals surface area (Å²) in [5.41, 5.74) is 7.40. The molecule has 0 radical (unpaired) electrons. The third-order valence-electron chi connectivity index (χ3n) is 9.15. The van der Waals surface area contributed by atoms with Gasteiger partial charge in [-0.05, 0) is 73.6 Å². The molecule has 1 aromatic carbocycles. The highest BCUT2D eigenvalue weighted by Crippen LogP contribution is 2.43. The molecule has 0 bridgehead atoms. The van der Waals surface area contributed by atoms with Crippen molar-refractivity contribution in [2.45, 2.75) is 51.5 Å². The molecule has 1 aliphatic carbocycles. The standard InChI is InChI=1S/C32H38N4O3S/c1-19(2)21-7-5-6-10-35(15-21)32(37)22-11-25-30(27(12-22)38-4)34(3)31(33-25)26-13-28-29(36(26)14-20-8-9-20)24(18-40-28)23-16-39-17-23/h11-13,18,20-21,23H,1,5-10,14-17H2,2-4H3/t21-/m1/s1. The fourth-order valence-electron chi connectivity index (χ4n) is 6.46. The molecule has 2 aliphatic heterocycles. The first kappa shape index (κ1) is 25.8. The number of rotatable bonds is 7. The molecule has 5 heterocycles. The molecule has 8 heteroatoms. The summed E-state index contributed by atoms with van der Waals surface area (Å²) >= 11 is 1.82. The van der Waals surface area contributed by atoms with E-state index in [4.69, 9.17) is 14.5 Å². The second-order valence-corrected chi connectivity index (χ2v) is 13.0. The van der Waals surface area contributed by atoms with Crippen LogP contribution < -0.4 is 4.74 Å². The van der Waals surface area contributed by atoms with Crippen molar-refractivity contribution in [3.05, 3.63) is 46.9 Å². The van der Waals surface area contributed by atoms with Gasteiger partial charge in [-0.15, -0.1) is 11.3 Å². The van der Waals surface area contributed by atoms with E-state index in [1.54, 1.807) is 7.11 Å². The van der Waals surface area contributed by atoms with Crippen LogP contribution in [0.4, 0.5) is 0 Å². The number of nitrogens with zero attached hydrogens (tertiary/aromatic N) is 4. The molecule has 3 fully saturated rings. The van der Waals surface area contributed by atoms with Gasteiger partial charge in [0.1, 0.15) is 11.3 Å². The van der Waals surface area contributed by atoms with Gasteiger partial charge >= 0.3 is 0 Å². The Kier molecular flexibility index (Phi) is 6.50. The first-order valence-corrected chi connectivity index (χ1v) is 15.5. The van der Waals surface area contributed by atoms with Crippen molar-refractivity contribution < 1.29 is 14.3 Å². The number of carbonyl (C=O) groups excluding carboxylic acids is 1. The Labute approximate surface area is 239 Å². The van der Waals surface area contributed by atoms with Crippen molar-refractivity contribution in [3.8, 4) is 17.3 Å². The van der Waals surface area contributed by atoms with E-state index in [9.17, 15) is 4.79 Å². The summed E-state index contributed by atoms with van der Waals surface area (Å²) < 4.78 is 17.4. The third-order valence-corrected chi connectivity index (χ3v) is 10.1. The molecule has 7 nitrogen and oxygen atoms in total. The molecule has 3 aliphatic rings. The number of imidazole rings is 1. The molecule has 1 atom stereocenters. The van der Waals surface area contributed by atoms with Gasteiger partial charge in [-0.2, -0.15) is 0 Å². The molecule has 210 valence electrons. The summed E-state index contributed by atoms with van der Waals surface area (Å²) in [6.07, 6.45) is 5.82. The third kappa shape index (κ3) is 4.36. The Morgan fingerprint density at radius 1 is 1.18 bits per heavy atom. The second kappa shape index (κ2) is 10.1. The van der Waals surface area contributed by atoms with Crippen molar-refractivity contribution in [2.24, 2.45) is 18.9 Å². The SMILES string of the molecule is C=C(C)[C@@H]1CCCCN(C(=O)c2cc(OC)c3c(c2)nc(-c2cc4scc(C5COC5)c4n2CC2CC2)n3C)C1. The molecule has 0 N–H and O–H groups in total. The first-order chi connectivity index (χ1) is 19.4. The predicted octanol–water partition coefficient (Wildman–Crippen LogP) is 6.61. The van der Waals surface area contributed by atoms with Crippen LogP contribution in [-0.2, 0) is 18.3 Å². The molecule has 0 unspecified atom stereocenters. The summed E-state index contributed by atoms with van der Waals surface area (Å²) in [6, 6.07) is 6.16. The van der Waals surface area contributed by atoms with Gasteiger partial charge in [-0.3, -0.25) is 4.79 Å². The lowest BCUT2D eigenvalue weighted by atomic mass is 9.96. The summed E-state index contributed by atoms with van der Waals surface area (Å²) in [5.74, 6) is 3.20. The van der Waals surface area contributed by atoms with E-state index in [2.05, 4.69) is 41.1 Å². The van der Waals surface area contributed by atoms with Gasteiger partial charge in [0.15, 0.2) is 5.82 Å². The minimum absolute atomic E-state index is 0.0468. The summed E-state index contributed by atoms with van der Waals surface area (Å²) in [7, 11) is 3.74. The van der Waals surface area contributed by atoms with Crippen LogP contribution >= 0.6 is 11.3 Å². The number of aryl methyl sites for hydroxylation is 1. The summed E-state index contributed by atoms with van der Waals surface area (Å²) in [4.78, 5) is 21.0. The number of fused-ring (bicyclic) bond motifs is 2. The minimum atomic E-state index is 0.0468. The van der Waals surface area contributed by atoms with Crippen LogP contribution in [0.5, 0.6) is 5.75 Å². The van der Waals surface area contributed by atoms with Gasteiger partial charge in [-0.25, -0.2) is 4.98 Å². The number of amides is 1. The highest BCUT2D eigenvalue weighted by molar-refractivity contribution is 7.17. The van der Waals surface area contributed by atoms with Crippen molar-refractivity contribution in [3.63, 3.8) is 0 Å². The maximum absolute atomic E-state index is 13.8. The van der Waals surface area contributed by atoms with Crippen LogP contribution in [0.25, 0.3) is 32.8 Å². The predicted molar refractivity (Wildman–Crippen MR) is 160 cm³/mol. The number of thiophene rings is 1. The smallest absolute Gasteiger partial charge is 0.254 e. The van der Waals surface area contributed by atoms with Crippen LogP contribution in [0.15, 0.2) is 35.7 Å². The summed E-state index contributed by atoms with van der Waals surface area (Å²) in [5, 5.41) is 2.32. The molecule has 2 saturated heterocycles. The van der Waals surface area contributed by atoms with Crippen LogP contribution in [0.2, 0.25) is 0 Å². The Hall–Kier alpha value is -3.10. The van der Waals surface area contributed by atoms with Gasteiger partial charge in [0.2, 0.25) is 0 Å². The lowest BCUT2D eigenvalue weighted by Gasteiger charge is -2.26. The van der Waals surface area contributed by atoms with E-state index in [-0.39, 0.29) is 5.91 Å². The number of aromatic nitrogens is 3. The van der Waals surface area contributed by atoms with Gasteiger partial charge in [0, 0.05) is 38.2 Å². The normalized spacial score (nSPS) is 20.2. The maximum Gasteiger partial charge on any atom is 0.254 e. The van der Waals surface area contributed by atoms with Crippen molar-refractivity contribution in [2.75, 3.05) is 33.4 Å². The number of ether oxygens (including phenoxy) is 2. The molecule has 40 heavy (non-hydrogen) atoms. The maximum atomic E-state index is 13.8. The molecule has 3 aromatic heterocycles. The van der Waals surface area contributed by atoms with E-state index in [0.717, 1.165) is 86.2 Å². The number of benzene rings is 1. The Bertz CT molecular complexity index is 1620. The number of hydrogen-bond acceptors (Lipinski definition) is 5. The quantitative estimate of drug-likeness (QED) is 0.240. The fourth-order valence-corrected chi connectivity index (χ4v) is 7.54. The number of methoxy groups -OCH3 is 1. The molecular formula is C32H38N4O3S. The number of carbonyl (C=O) groups is 1. The lowest BCUT2D eigenvalue weighted by molar-refractivity contribution is 0.00901. The molecule has 1 amide bonds. The van der Waals surface area contributed by atoms with Crippen molar-refractivity contribution in [1.29, 1.82) is 0 Å². The highest BCUT2D eigenvalue weighted by Gasteiger charge is 2.31. The molecule has 1 saturated carbocycles. The van der Waals surface area contributed by atoms with Gasteiger partial charge in [-0.1, -0.05) is 18.6 Å². The summed E-state index contributed by atoms with van der Waals surface area (Å²) in [6.45, 7) is 10.4. The van der Waals surface area contributed by atoms with Gasteiger partial charge < -0.3 is 23.5 Å². The average Bonchev–Trinajstić information content (AvgIpc) is 3.52. The van der Waals surface area contributed by atoms with Crippen molar-refractivity contribution in [1.82, 2.24) is 19.0 Å². The average molecular weight is 559 g/mol. The first-order valence-electron chi connectivity index (χ1n) is 14.6. The van der Waals surface area contributed by atoms with Crippen LogP contribution in [0.1, 0.15) is 60.9 Å². The molecule has 7 rings (SSSR count). The largest absolute Gasteiger partial charge is 0.494 e. The van der Waals surface area contributed by atoms with E-state index >= 15 is 0 Å². The van der Waals surface area contributed by atoms with Crippen molar-refractivity contribution >= 4 is 38.5 Å². The van der Waals surface area contributed by atoms with Crippen LogP contribution in [0.3, 0.4) is 0 Å². The number of hydrogen-bond donors (Lipinski definition) is 0. The van der Waals surface area contributed by atoms with Crippen LogP contribution in [-0.4, -0.2) is 58.3 Å². The topological polar surface area (TPSA) is 61.5 Å². The van der Waals surface area contributed by atoms with E-state index in [1.807, 2.05) is 28.4 Å². The van der Waals surface area contributed by atoms with E-state index < -0.39 is 0 Å². The Balaban J connectivity index is 1.31. The molecule has 4 aromatic rings. The molecular weight excluding hydrogens is 520 g/mol. The Morgan fingerprint density at radius 3 is 2.70 bits per heavy atom. The van der Waals surface area contributed by atoms with E-state index in [0.29, 0.717) is 23.1 Å². The van der Waals surface area contributed by atoms with Gasteiger partial charge in [0.05, 0.1) is 41.8 Å². The van der Waals surface area contributed by atoms with E-state index in [1.165, 1.54) is 28.6 Å². The highest BCUT2D eigenvalue weighted by atomic mass is 32.1. The fraction of sp³-hybridized carbons (Fsp3) is 0.500. The zero-order valence-electron chi connectivity index (χ0n) is 23.7.